The number of nitrogens with one attached hydrogen (secondary N) is 2. The summed E-state index contributed by atoms with van der Waals surface area (Å²) in [7, 11) is 4.10. The average molecular weight is 420 g/mol. The number of alkyl halides is 3. The van der Waals surface area contributed by atoms with Gasteiger partial charge in [-0.25, -0.2) is 9.97 Å². The van der Waals surface area contributed by atoms with Gasteiger partial charge in [-0.15, -0.1) is 10.2 Å². The van der Waals surface area contributed by atoms with E-state index in [1.54, 1.807) is 0 Å². The van der Waals surface area contributed by atoms with Crippen molar-refractivity contribution in [3.8, 4) is 6.07 Å². The van der Waals surface area contributed by atoms with E-state index in [2.05, 4.69) is 35.7 Å². The number of hydrogen-bond acceptors (Lipinski definition) is 8. The fraction of sp³-hybridized carbons (Fsp3) is 0.526. The van der Waals surface area contributed by atoms with E-state index in [0.29, 0.717) is 18.5 Å². The van der Waals surface area contributed by atoms with Crippen LogP contribution < -0.4 is 10.6 Å². The lowest BCUT2D eigenvalue weighted by Gasteiger charge is -2.32. The van der Waals surface area contributed by atoms with E-state index < -0.39 is 11.9 Å². The van der Waals surface area contributed by atoms with Crippen molar-refractivity contribution in [1.29, 1.82) is 5.26 Å². The molecular formula is C19H23F3N8. The highest BCUT2D eigenvalue weighted by atomic mass is 19.4. The van der Waals surface area contributed by atoms with Crippen molar-refractivity contribution >= 4 is 17.3 Å². The molecule has 0 amide bonds. The molecule has 8 nitrogen and oxygen atoms in total. The maximum atomic E-state index is 13.4. The third-order valence-corrected chi connectivity index (χ3v) is 5.21. The van der Waals surface area contributed by atoms with Crippen LogP contribution >= 0.6 is 0 Å². The van der Waals surface area contributed by atoms with Crippen molar-refractivity contribution in [3.63, 3.8) is 0 Å². The smallest absolute Gasteiger partial charge is 0.383 e. The molecule has 1 saturated carbocycles. The molecule has 0 spiro atoms. The van der Waals surface area contributed by atoms with Gasteiger partial charge >= 0.3 is 6.18 Å². The predicted octanol–water partition coefficient (Wildman–Crippen LogP) is 3.43. The molecule has 11 heteroatoms. The van der Waals surface area contributed by atoms with Crippen LogP contribution in [0.15, 0.2) is 18.5 Å². The minimum Gasteiger partial charge on any atom is -0.383 e. The molecule has 0 saturated heterocycles. The fourth-order valence-electron chi connectivity index (χ4n) is 3.50. The minimum atomic E-state index is -4.62. The van der Waals surface area contributed by atoms with Gasteiger partial charge in [-0.3, -0.25) is 0 Å². The monoisotopic (exact) mass is 420 g/mol. The van der Waals surface area contributed by atoms with Crippen molar-refractivity contribution in [1.82, 2.24) is 25.1 Å². The van der Waals surface area contributed by atoms with Gasteiger partial charge in [-0.05, 0) is 45.7 Å². The topological polar surface area (TPSA) is 103 Å². The fourth-order valence-corrected chi connectivity index (χ4v) is 3.50. The second-order valence-corrected chi connectivity index (χ2v) is 7.53. The summed E-state index contributed by atoms with van der Waals surface area (Å²) < 4.78 is 40.1. The van der Waals surface area contributed by atoms with Crippen LogP contribution in [0, 0.1) is 17.2 Å². The lowest BCUT2D eigenvalue weighted by Crippen LogP contribution is -2.33. The number of anilines is 3. The molecule has 0 radical (unpaired) electrons. The molecule has 0 aromatic carbocycles. The number of halogens is 3. The lowest BCUT2D eigenvalue weighted by molar-refractivity contribution is -0.141. The van der Waals surface area contributed by atoms with Crippen LogP contribution in [0.3, 0.4) is 0 Å². The van der Waals surface area contributed by atoms with Crippen LogP contribution in [0.4, 0.5) is 30.5 Å². The van der Waals surface area contributed by atoms with Gasteiger partial charge in [0.1, 0.15) is 11.9 Å². The molecule has 0 aliphatic heterocycles. The number of nitriles is 1. The number of hydrogen-bond donors (Lipinski definition) is 2. The summed E-state index contributed by atoms with van der Waals surface area (Å²) in [5.41, 5.74) is -1.05. The molecule has 0 atom stereocenters. The van der Waals surface area contributed by atoms with E-state index in [-0.39, 0.29) is 23.0 Å². The van der Waals surface area contributed by atoms with Crippen molar-refractivity contribution < 1.29 is 13.2 Å². The molecule has 2 aromatic heterocycles. The molecule has 1 aliphatic carbocycles. The first-order valence-corrected chi connectivity index (χ1v) is 9.60. The maximum Gasteiger partial charge on any atom is 0.437 e. The Balaban J connectivity index is 1.71. The van der Waals surface area contributed by atoms with Gasteiger partial charge in [0.25, 0.3) is 0 Å². The van der Waals surface area contributed by atoms with Crippen LogP contribution in [-0.4, -0.2) is 51.7 Å². The predicted molar refractivity (Wildman–Crippen MR) is 105 cm³/mol. The summed E-state index contributed by atoms with van der Waals surface area (Å²) in [6.07, 6.45) is 1.92. The van der Waals surface area contributed by atoms with Crippen molar-refractivity contribution in [2.45, 2.75) is 37.9 Å². The van der Waals surface area contributed by atoms with Crippen molar-refractivity contribution in [2.75, 3.05) is 31.3 Å². The molecule has 160 valence electrons. The van der Waals surface area contributed by atoms with Gasteiger partial charge < -0.3 is 15.5 Å². The van der Waals surface area contributed by atoms with E-state index in [1.807, 2.05) is 20.2 Å². The molecule has 3 rings (SSSR count). The molecular weight excluding hydrogens is 397 g/mol. The summed E-state index contributed by atoms with van der Waals surface area (Å²) in [6.45, 7) is 0.436. The second-order valence-electron chi connectivity index (χ2n) is 7.53. The molecule has 0 unspecified atom stereocenters. The molecule has 2 heterocycles. The SMILES string of the molecule is CN(C)C1CCC(CNc2cc(Nc3cnc(C#N)cn3)nnc2C(F)(F)F)CC1. The maximum absolute atomic E-state index is 13.4. The van der Waals surface area contributed by atoms with Crippen LogP contribution in [0.1, 0.15) is 37.1 Å². The van der Waals surface area contributed by atoms with E-state index in [4.69, 9.17) is 5.26 Å². The first-order valence-electron chi connectivity index (χ1n) is 9.60. The Morgan fingerprint density at radius 1 is 1.10 bits per heavy atom. The minimum absolute atomic E-state index is 0.0980. The van der Waals surface area contributed by atoms with Crippen molar-refractivity contribution in [2.24, 2.45) is 5.92 Å². The van der Waals surface area contributed by atoms with Crippen LogP contribution in [-0.2, 0) is 6.18 Å². The third-order valence-electron chi connectivity index (χ3n) is 5.21. The molecule has 0 bridgehead atoms. The Hall–Kier alpha value is -3.00. The van der Waals surface area contributed by atoms with Gasteiger partial charge in [0.15, 0.2) is 17.2 Å². The Labute approximate surface area is 172 Å². The van der Waals surface area contributed by atoms with Crippen molar-refractivity contribution in [3.05, 3.63) is 29.8 Å². The van der Waals surface area contributed by atoms with Crippen LogP contribution in [0.25, 0.3) is 0 Å². The van der Waals surface area contributed by atoms with Gasteiger partial charge in [0.05, 0.1) is 18.1 Å². The van der Waals surface area contributed by atoms with E-state index in [0.717, 1.165) is 25.7 Å². The van der Waals surface area contributed by atoms with Gasteiger partial charge in [0, 0.05) is 18.7 Å². The average Bonchev–Trinajstić information content (AvgIpc) is 2.72. The number of nitrogens with zero attached hydrogens (tertiary/aromatic N) is 6. The molecule has 30 heavy (non-hydrogen) atoms. The Morgan fingerprint density at radius 3 is 2.40 bits per heavy atom. The van der Waals surface area contributed by atoms with Gasteiger partial charge in [-0.1, -0.05) is 0 Å². The molecule has 1 aliphatic rings. The summed E-state index contributed by atoms with van der Waals surface area (Å²) in [4.78, 5) is 10.0. The first kappa shape index (κ1) is 21.7. The number of rotatable bonds is 6. The Kier molecular flexibility index (Phi) is 6.66. The third kappa shape index (κ3) is 5.54. The lowest BCUT2D eigenvalue weighted by atomic mass is 9.85. The largest absolute Gasteiger partial charge is 0.437 e. The second kappa shape index (κ2) is 9.21. The summed E-state index contributed by atoms with van der Waals surface area (Å²) >= 11 is 0. The summed E-state index contributed by atoms with van der Waals surface area (Å²) in [5.74, 6) is 0.646. The van der Waals surface area contributed by atoms with E-state index >= 15 is 0 Å². The molecule has 2 N–H and O–H groups in total. The van der Waals surface area contributed by atoms with E-state index in [1.165, 1.54) is 18.5 Å². The zero-order chi connectivity index (χ0) is 21.7. The summed E-state index contributed by atoms with van der Waals surface area (Å²) in [5, 5.41) is 21.4. The quantitative estimate of drug-likeness (QED) is 0.733. The first-order chi connectivity index (χ1) is 14.3. The molecule has 2 aromatic rings. The summed E-state index contributed by atoms with van der Waals surface area (Å²) in [6, 6.07) is 3.63. The van der Waals surface area contributed by atoms with E-state index in [9.17, 15) is 13.2 Å². The molecule has 1 fully saturated rings. The van der Waals surface area contributed by atoms with Crippen LogP contribution in [0.5, 0.6) is 0 Å². The normalized spacial score (nSPS) is 19.4. The highest BCUT2D eigenvalue weighted by molar-refractivity contribution is 5.60. The highest BCUT2D eigenvalue weighted by Crippen LogP contribution is 2.35. The zero-order valence-electron chi connectivity index (χ0n) is 16.7. The standard InChI is InChI=1S/C19H23F3N8/c1-30(2)14-5-3-12(4-6-14)9-25-15-7-16(28-29-18(15)19(20,21)22)27-17-11-24-13(8-23)10-26-17/h7,10-12,14H,3-6,9H2,1-2H3,(H2,25,26,27,28). The zero-order valence-corrected chi connectivity index (χ0v) is 16.7. The highest BCUT2D eigenvalue weighted by Gasteiger charge is 2.37. The van der Waals surface area contributed by atoms with Gasteiger partial charge in [-0.2, -0.15) is 18.4 Å². The number of aromatic nitrogens is 4. The Bertz CT molecular complexity index is 884. The van der Waals surface area contributed by atoms with Gasteiger partial charge in [0.2, 0.25) is 0 Å². The van der Waals surface area contributed by atoms with Crippen LogP contribution in [0.2, 0.25) is 0 Å². The Morgan fingerprint density at radius 2 is 1.83 bits per heavy atom.